The van der Waals surface area contributed by atoms with E-state index in [-0.39, 0.29) is 6.04 Å². The fourth-order valence-corrected chi connectivity index (χ4v) is 3.24. The summed E-state index contributed by atoms with van der Waals surface area (Å²) in [4.78, 5) is 0. The van der Waals surface area contributed by atoms with Crippen molar-refractivity contribution in [1.82, 2.24) is 5.32 Å². The number of hydrogen-bond acceptors (Lipinski definition) is 2. The molecular formula is C18H20ClNO. The highest BCUT2D eigenvalue weighted by Gasteiger charge is 2.19. The lowest BCUT2D eigenvalue weighted by Crippen LogP contribution is -2.18. The third-order valence-corrected chi connectivity index (χ3v) is 4.59. The topological polar surface area (TPSA) is 21.3 Å². The summed E-state index contributed by atoms with van der Waals surface area (Å²) in [6, 6.07) is 10.8. The molecular weight excluding hydrogens is 282 g/mol. The molecule has 0 radical (unpaired) electrons. The Bertz CT molecular complexity index is 681. The Labute approximate surface area is 131 Å². The van der Waals surface area contributed by atoms with Crippen LogP contribution in [0.1, 0.15) is 33.9 Å². The first-order chi connectivity index (χ1) is 10.1. The maximum absolute atomic E-state index is 6.48. The molecule has 0 aromatic heterocycles. The largest absolute Gasteiger partial charge is 0.493 e. The number of benzene rings is 2. The second kappa shape index (κ2) is 5.70. The van der Waals surface area contributed by atoms with Crippen molar-refractivity contribution in [2.45, 2.75) is 26.3 Å². The van der Waals surface area contributed by atoms with Crippen molar-refractivity contribution in [1.29, 1.82) is 0 Å². The molecule has 110 valence electrons. The maximum atomic E-state index is 6.48. The molecule has 1 aliphatic rings. The van der Waals surface area contributed by atoms with Crippen LogP contribution in [0.4, 0.5) is 0 Å². The average Bonchev–Trinajstić information content (AvgIpc) is 2.92. The van der Waals surface area contributed by atoms with Crippen molar-refractivity contribution in [3.63, 3.8) is 0 Å². The highest BCUT2D eigenvalue weighted by Crippen LogP contribution is 2.34. The molecule has 1 heterocycles. The summed E-state index contributed by atoms with van der Waals surface area (Å²) in [7, 11) is 1.97. The van der Waals surface area contributed by atoms with E-state index < -0.39 is 0 Å². The minimum atomic E-state index is 0.0997. The van der Waals surface area contributed by atoms with Gasteiger partial charge >= 0.3 is 0 Å². The number of fused-ring (bicyclic) bond motifs is 1. The van der Waals surface area contributed by atoms with Crippen LogP contribution in [0.3, 0.4) is 0 Å². The van der Waals surface area contributed by atoms with E-state index in [1.54, 1.807) is 0 Å². The summed E-state index contributed by atoms with van der Waals surface area (Å²) < 4.78 is 5.58. The van der Waals surface area contributed by atoms with Crippen LogP contribution in [0.15, 0.2) is 30.3 Å². The van der Waals surface area contributed by atoms with E-state index in [0.29, 0.717) is 0 Å². The van der Waals surface area contributed by atoms with E-state index in [2.05, 4.69) is 43.4 Å². The maximum Gasteiger partial charge on any atom is 0.122 e. The van der Waals surface area contributed by atoms with Gasteiger partial charge in [-0.2, -0.15) is 0 Å². The zero-order valence-electron chi connectivity index (χ0n) is 12.7. The van der Waals surface area contributed by atoms with Gasteiger partial charge in [0.2, 0.25) is 0 Å². The third kappa shape index (κ3) is 2.66. The van der Waals surface area contributed by atoms with Gasteiger partial charge < -0.3 is 10.1 Å². The SMILES string of the molecule is CNC(c1ccc2c(c1)CCO2)c1cc(C)c(C)cc1Cl. The van der Waals surface area contributed by atoms with Crippen molar-refractivity contribution < 1.29 is 4.74 Å². The zero-order chi connectivity index (χ0) is 15.0. The Kier molecular flexibility index (Phi) is 3.92. The molecule has 3 rings (SSSR count). The van der Waals surface area contributed by atoms with Crippen molar-refractivity contribution in [3.05, 3.63) is 63.2 Å². The second-order valence-electron chi connectivity index (χ2n) is 5.65. The van der Waals surface area contributed by atoms with Crippen LogP contribution in [-0.2, 0) is 6.42 Å². The third-order valence-electron chi connectivity index (χ3n) is 4.26. The number of halogens is 1. The molecule has 0 saturated carbocycles. The second-order valence-corrected chi connectivity index (χ2v) is 6.05. The number of ether oxygens (including phenoxy) is 1. The van der Waals surface area contributed by atoms with Gasteiger partial charge in [-0.3, -0.25) is 0 Å². The number of rotatable bonds is 3. The Morgan fingerprint density at radius 2 is 1.90 bits per heavy atom. The van der Waals surface area contributed by atoms with E-state index in [1.165, 1.54) is 22.3 Å². The molecule has 0 spiro atoms. The Morgan fingerprint density at radius 1 is 1.14 bits per heavy atom. The van der Waals surface area contributed by atoms with Gasteiger partial charge in [-0.25, -0.2) is 0 Å². The van der Waals surface area contributed by atoms with Crippen LogP contribution >= 0.6 is 11.6 Å². The summed E-state index contributed by atoms with van der Waals surface area (Å²) >= 11 is 6.48. The molecule has 2 aromatic rings. The molecule has 2 nitrogen and oxygen atoms in total. The average molecular weight is 302 g/mol. The van der Waals surface area contributed by atoms with Gasteiger partial charge in [0.1, 0.15) is 5.75 Å². The number of aryl methyl sites for hydroxylation is 2. The van der Waals surface area contributed by atoms with Crippen molar-refractivity contribution in [2.24, 2.45) is 0 Å². The van der Waals surface area contributed by atoms with Crippen LogP contribution < -0.4 is 10.1 Å². The summed E-state index contributed by atoms with van der Waals surface area (Å²) in [6.45, 7) is 5.00. The highest BCUT2D eigenvalue weighted by molar-refractivity contribution is 6.31. The van der Waals surface area contributed by atoms with Gasteiger partial charge in [0, 0.05) is 11.4 Å². The Hall–Kier alpha value is -1.51. The quantitative estimate of drug-likeness (QED) is 0.917. The molecule has 1 aliphatic heterocycles. The first-order valence-corrected chi connectivity index (χ1v) is 7.67. The minimum absolute atomic E-state index is 0.0997. The predicted octanol–water partition coefficient (Wildman–Crippen LogP) is 4.20. The van der Waals surface area contributed by atoms with Crippen LogP contribution in [0, 0.1) is 13.8 Å². The number of nitrogens with one attached hydrogen (secondary N) is 1. The summed E-state index contributed by atoms with van der Waals surface area (Å²) in [6.07, 6.45) is 0.986. The fourth-order valence-electron chi connectivity index (χ4n) is 2.91. The molecule has 0 saturated heterocycles. The van der Waals surface area contributed by atoms with Gasteiger partial charge in [0.25, 0.3) is 0 Å². The lowest BCUT2D eigenvalue weighted by atomic mass is 9.94. The summed E-state index contributed by atoms with van der Waals surface area (Å²) in [5.74, 6) is 1.01. The Balaban J connectivity index is 2.04. The highest BCUT2D eigenvalue weighted by atomic mass is 35.5. The molecule has 0 aliphatic carbocycles. The zero-order valence-corrected chi connectivity index (χ0v) is 13.4. The van der Waals surface area contributed by atoms with Crippen molar-refractivity contribution in [3.8, 4) is 5.75 Å². The normalized spacial score (nSPS) is 14.7. The van der Waals surface area contributed by atoms with Crippen LogP contribution in [0.2, 0.25) is 5.02 Å². The van der Waals surface area contributed by atoms with Gasteiger partial charge in [-0.05, 0) is 60.8 Å². The molecule has 0 bridgehead atoms. The number of hydrogen-bond donors (Lipinski definition) is 1. The van der Waals surface area contributed by atoms with Gasteiger partial charge in [-0.15, -0.1) is 0 Å². The van der Waals surface area contributed by atoms with E-state index in [0.717, 1.165) is 29.4 Å². The molecule has 0 amide bonds. The van der Waals surface area contributed by atoms with Crippen LogP contribution in [0.5, 0.6) is 5.75 Å². The molecule has 1 atom stereocenters. The fraction of sp³-hybridized carbons (Fsp3) is 0.333. The lowest BCUT2D eigenvalue weighted by Gasteiger charge is -2.20. The van der Waals surface area contributed by atoms with E-state index in [4.69, 9.17) is 16.3 Å². The molecule has 21 heavy (non-hydrogen) atoms. The minimum Gasteiger partial charge on any atom is -0.493 e. The molecule has 0 fully saturated rings. The first-order valence-electron chi connectivity index (χ1n) is 7.29. The monoisotopic (exact) mass is 301 g/mol. The van der Waals surface area contributed by atoms with E-state index in [9.17, 15) is 0 Å². The van der Waals surface area contributed by atoms with E-state index >= 15 is 0 Å². The van der Waals surface area contributed by atoms with Crippen LogP contribution in [-0.4, -0.2) is 13.7 Å². The van der Waals surface area contributed by atoms with Crippen LogP contribution in [0.25, 0.3) is 0 Å². The first kappa shape index (κ1) is 14.4. The summed E-state index contributed by atoms with van der Waals surface area (Å²) in [5, 5.41) is 4.20. The van der Waals surface area contributed by atoms with Crippen molar-refractivity contribution in [2.75, 3.05) is 13.7 Å². The molecule has 1 unspecified atom stereocenters. The predicted molar refractivity (Wildman–Crippen MR) is 87.5 cm³/mol. The van der Waals surface area contributed by atoms with E-state index in [1.807, 2.05) is 13.1 Å². The summed E-state index contributed by atoms with van der Waals surface area (Å²) in [5.41, 5.74) is 6.13. The van der Waals surface area contributed by atoms with Gasteiger partial charge in [0.15, 0.2) is 0 Å². The van der Waals surface area contributed by atoms with Gasteiger partial charge in [0.05, 0.1) is 12.6 Å². The molecule has 1 N–H and O–H groups in total. The smallest absolute Gasteiger partial charge is 0.122 e. The van der Waals surface area contributed by atoms with Crippen molar-refractivity contribution >= 4 is 11.6 Å². The standard InChI is InChI=1S/C18H20ClNO/c1-11-8-15(16(19)9-12(11)2)18(20-3)14-4-5-17-13(10-14)6-7-21-17/h4-5,8-10,18,20H,6-7H2,1-3H3. The van der Waals surface area contributed by atoms with Gasteiger partial charge in [-0.1, -0.05) is 29.8 Å². The molecule has 3 heteroatoms. The Morgan fingerprint density at radius 3 is 2.67 bits per heavy atom. The molecule has 2 aromatic carbocycles. The lowest BCUT2D eigenvalue weighted by molar-refractivity contribution is 0.357.